The molecule has 3 N–H and O–H groups in total. The predicted molar refractivity (Wildman–Crippen MR) is 75.5 cm³/mol. The molecule has 6 heteroatoms. The van der Waals surface area contributed by atoms with Gasteiger partial charge < -0.3 is 20.4 Å². The number of likely N-dealkylation sites (N-methyl/N-ethyl adjacent to an activating group) is 1. The number of amides is 2. The minimum atomic E-state index is -1.01. The standard InChI is InChI=1S/C14H26N2O4/c1-3-4-7-10(13(18)19)15-14(20)16(2)11-8-5-6-9-12(11)17/h10-12,17H,3-9H2,1-2H3,(H,15,20)(H,18,19)/t10-,11?,12?/m0/s1. The first-order valence-electron chi connectivity index (χ1n) is 7.41. The Kier molecular flexibility index (Phi) is 6.78. The van der Waals surface area contributed by atoms with Crippen molar-refractivity contribution in [3.05, 3.63) is 0 Å². The third-order valence-electron chi connectivity index (χ3n) is 3.95. The average Bonchev–Trinajstić information content (AvgIpc) is 2.42. The van der Waals surface area contributed by atoms with Gasteiger partial charge in [0.25, 0.3) is 0 Å². The van der Waals surface area contributed by atoms with Crippen LogP contribution in [0, 0.1) is 0 Å². The number of nitrogens with zero attached hydrogens (tertiary/aromatic N) is 1. The van der Waals surface area contributed by atoms with E-state index >= 15 is 0 Å². The smallest absolute Gasteiger partial charge is 0.326 e. The number of hydrogen-bond donors (Lipinski definition) is 3. The second kappa shape index (κ2) is 8.09. The van der Waals surface area contributed by atoms with Gasteiger partial charge in [0.05, 0.1) is 12.1 Å². The van der Waals surface area contributed by atoms with Crippen molar-refractivity contribution in [1.82, 2.24) is 10.2 Å². The van der Waals surface area contributed by atoms with E-state index in [4.69, 9.17) is 5.11 Å². The van der Waals surface area contributed by atoms with Crippen LogP contribution < -0.4 is 5.32 Å². The van der Waals surface area contributed by atoms with E-state index in [0.717, 1.165) is 32.1 Å². The predicted octanol–water partition coefficient (Wildman–Crippen LogP) is 1.57. The minimum absolute atomic E-state index is 0.218. The van der Waals surface area contributed by atoms with Crippen LogP contribution in [0.5, 0.6) is 0 Å². The molecule has 1 aliphatic carbocycles. The Labute approximate surface area is 120 Å². The molecule has 0 aromatic carbocycles. The van der Waals surface area contributed by atoms with Crippen LogP contribution in [-0.2, 0) is 4.79 Å². The van der Waals surface area contributed by atoms with Crippen LogP contribution in [0.4, 0.5) is 4.79 Å². The Morgan fingerprint density at radius 3 is 2.55 bits per heavy atom. The fourth-order valence-electron chi connectivity index (χ4n) is 2.61. The fraction of sp³-hybridized carbons (Fsp3) is 0.857. The zero-order valence-corrected chi connectivity index (χ0v) is 12.3. The summed E-state index contributed by atoms with van der Waals surface area (Å²) in [5.41, 5.74) is 0. The van der Waals surface area contributed by atoms with Crippen molar-refractivity contribution >= 4 is 12.0 Å². The van der Waals surface area contributed by atoms with Crippen molar-refractivity contribution in [2.75, 3.05) is 7.05 Å². The van der Waals surface area contributed by atoms with E-state index in [-0.39, 0.29) is 6.04 Å². The monoisotopic (exact) mass is 286 g/mol. The lowest BCUT2D eigenvalue weighted by Crippen LogP contribution is -2.53. The molecule has 0 aliphatic heterocycles. The Balaban J connectivity index is 2.56. The van der Waals surface area contributed by atoms with Crippen molar-refractivity contribution in [3.63, 3.8) is 0 Å². The van der Waals surface area contributed by atoms with E-state index in [1.165, 1.54) is 4.90 Å². The van der Waals surface area contributed by atoms with Crippen LogP contribution in [0.3, 0.4) is 0 Å². The highest BCUT2D eigenvalue weighted by Crippen LogP contribution is 2.22. The molecule has 0 spiro atoms. The van der Waals surface area contributed by atoms with Crippen molar-refractivity contribution in [1.29, 1.82) is 0 Å². The lowest BCUT2D eigenvalue weighted by atomic mass is 9.92. The summed E-state index contributed by atoms with van der Waals surface area (Å²) in [5, 5.41) is 21.6. The molecule has 6 nitrogen and oxygen atoms in total. The van der Waals surface area contributed by atoms with Crippen LogP contribution in [0.2, 0.25) is 0 Å². The Hall–Kier alpha value is -1.30. The molecule has 0 bridgehead atoms. The number of rotatable bonds is 6. The highest BCUT2D eigenvalue weighted by atomic mass is 16.4. The molecule has 2 unspecified atom stereocenters. The zero-order valence-electron chi connectivity index (χ0n) is 12.3. The van der Waals surface area contributed by atoms with Crippen LogP contribution in [0.1, 0.15) is 51.9 Å². The fourth-order valence-corrected chi connectivity index (χ4v) is 2.61. The van der Waals surface area contributed by atoms with E-state index in [9.17, 15) is 14.7 Å². The molecular formula is C14H26N2O4. The summed E-state index contributed by atoms with van der Waals surface area (Å²) < 4.78 is 0. The van der Waals surface area contributed by atoms with Crippen LogP contribution in [0.25, 0.3) is 0 Å². The van der Waals surface area contributed by atoms with Crippen molar-refractivity contribution < 1.29 is 19.8 Å². The molecule has 1 fully saturated rings. The van der Waals surface area contributed by atoms with Gasteiger partial charge in [0.1, 0.15) is 6.04 Å². The van der Waals surface area contributed by atoms with Crippen molar-refractivity contribution in [3.8, 4) is 0 Å². The number of aliphatic carboxylic acids is 1. The second-order valence-corrected chi connectivity index (χ2v) is 5.51. The van der Waals surface area contributed by atoms with E-state index < -0.39 is 24.1 Å². The Morgan fingerprint density at radius 2 is 2.00 bits per heavy atom. The largest absolute Gasteiger partial charge is 0.480 e. The zero-order chi connectivity index (χ0) is 15.1. The number of hydrogen-bond acceptors (Lipinski definition) is 3. The molecule has 1 saturated carbocycles. The Morgan fingerprint density at radius 1 is 1.35 bits per heavy atom. The summed E-state index contributed by atoms with van der Waals surface area (Å²) in [7, 11) is 1.62. The van der Waals surface area contributed by atoms with Crippen molar-refractivity contribution in [2.24, 2.45) is 0 Å². The van der Waals surface area contributed by atoms with Crippen molar-refractivity contribution in [2.45, 2.75) is 70.1 Å². The van der Waals surface area contributed by atoms with Gasteiger partial charge in [-0.25, -0.2) is 9.59 Å². The van der Waals surface area contributed by atoms with Gasteiger partial charge in [0.15, 0.2) is 0 Å². The van der Waals surface area contributed by atoms with Gasteiger partial charge in [-0.15, -0.1) is 0 Å². The molecule has 116 valence electrons. The number of carboxylic acids is 1. The molecule has 3 atom stereocenters. The summed E-state index contributed by atoms with van der Waals surface area (Å²) >= 11 is 0. The van der Waals surface area contributed by atoms with Gasteiger partial charge in [-0.1, -0.05) is 32.6 Å². The number of aliphatic hydroxyl groups excluding tert-OH is 1. The van der Waals surface area contributed by atoms with Gasteiger partial charge in [-0.2, -0.15) is 0 Å². The first-order valence-corrected chi connectivity index (χ1v) is 7.41. The third kappa shape index (κ3) is 4.67. The molecule has 1 aliphatic rings. The number of carboxylic acid groups (broad SMARTS) is 1. The average molecular weight is 286 g/mol. The number of nitrogens with one attached hydrogen (secondary N) is 1. The molecule has 0 aromatic rings. The van der Waals surface area contributed by atoms with E-state index in [1.807, 2.05) is 6.92 Å². The lowest BCUT2D eigenvalue weighted by Gasteiger charge is -2.35. The van der Waals surface area contributed by atoms with E-state index in [2.05, 4.69) is 5.32 Å². The molecule has 1 rings (SSSR count). The summed E-state index contributed by atoms with van der Waals surface area (Å²) in [6, 6.07) is -1.49. The summed E-state index contributed by atoms with van der Waals surface area (Å²) in [5.74, 6) is -1.01. The SMILES string of the molecule is CCCC[C@H](NC(=O)N(C)C1CCCCC1O)C(=O)O. The molecule has 0 heterocycles. The Bertz CT molecular complexity index is 335. The summed E-state index contributed by atoms with van der Waals surface area (Å²) in [6.45, 7) is 1.98. The number of unbranched alkanes of at least 4 members (excludes halogenated alkanes) is 1. The summed E-state index contributed by atoms with van der Waals surface area (Å²) in [6.07, 6.45) is 4.97. The number of carbonyl (C=O) groups is 2. The highest BCUT2D eigenvalue weighted by molar-refractivity contribution is 5.82. The number of aliphatic hydroxyl groups is 1. The highest BCUT2D eigenvalue weighted by Gasteiger charge is 2.31. The van der Waals surface area contributed by atoms with Gasteiger partial charge in [0.2, 0.25) is 0 Å². The molecule has 0 radical (unpaired) electrons. The first-order chi connectivity index (χ1) is 9.47. The maximum atomic E-state index is 12.1. The first kappa shape index (κ1) is 16.8. The van der Waals surface area contributed by atoms with Crippen LogP contribution in [0.15, 0.2) is 0 Å². The van der Waals surface area contributed by atoms with E-state index in [1.54, 1.807) is 7.05 Å². The third-order valence-corrected chi connectivity index (χ3v) is 3.95. The molecule has 0 saturated heterocycles. The maximum Gasteiger partial charge on any atom is 0.326 e. The number of carbonyl (C=O) groups excluding carboxylic acids is 1. The quantitative estimate of drug-likeness (QED) is 0.691. The topological polar surface area (TPSA) is 89.9 Å². The lowest BCUT2D eigenvalue weighted by molar-refractivity contribution is -0.139. The normalized spacial score (nSPS) is 23.9. The van der Waals surface area contributed by atoms with Crippen LogP contribution in [-0.4, -0.2) is 52.3 Å². The minimum Gasteiger partial charge on any atom is -0.480 e. The second-order valence-electron chi connectivity index (χ2n) is 5.51. The van der Waals surface area contributed by atoms with Gasteiger partial charge >= 0.3 is 12.0 Å². The van der Waals surface area contributed by atoms with Gasteiger partial charge in [-0.05, 0) is 19.3 Å². The van der Waals surface area contributed by atoms with Gasteiger partial charge in [-0.3, -0.25) is 0 Å². The molecule has 0 aromatic heterocycles. The van der Waals surface area contributed by atoms with E-state index in [0.29, 0.717) is 12.8 Å². The maximum absolute atomic E-state index is 12.1. The molecule has 20 heavy (non-hydrogen) atoms. The molecular weight excluding hydrogens is 260 g/mol. The molecule has 2 amide bonds. The van der Waals surface area contributed by atoms with Crippen LogP contribution >= 0.6 is 0 Å². The van der Waals surface area contributed by atoms with Gasteiger partial charge in [0, 0.05) is 7.05 Å². The summed E-state index contributed by atoms with van der Waals surface area (Å²) in [4.78, 5) is 24.7. The number of urea groups is 1.